The summed E-state index contributed by atoms with van der Waals surface area (Å²) >= 11 is 0. The maximum Gasteiger partial charge on any atom is 0.0936 e. The molecule has 118 valence electrons. The number of rotatable bonds is 1. The van der Waals surface area contributed by atoms with Gasteiger partial charge < -0.3 is 5.32 Å². The third-order valence-electron chi connectivity index (χ3n) is 4.69. The number of allylic oxidation sites excluding steroid dienone is 2. The molecule has 0 spiro atoms. The van der Waals surface area contributed by atoms with E-state index in [2.05, 4.69) is 34.6 Å². The maximum absolute atomic E-state index is 4.59. The van der Waals surface area contributed by atoms with Crippen LogP contribution in [0.15, 0.2) is 42.1 Å². The predicted octanol–water partition coefficient (Wildman–Crippen LogP) is 5.48. The van der Waals surface area contributed by atoms with Gasteiger partial charge in [-0.2, -0.15) is 0 Å². The Morgan fingerprint density at radius 1 is 1.09 bits per heavy atom. The van der Waals surface area contributed by atoms with Crippen molar-refractivity contribution in [2.75, 3.05) is 11.9 Å². The van der Waals surface area contributed by atoms with Crippen molar-refractivity contribution < 1.29 is 0 Å². The number of halogens is 2. The Bertz CT molecular complexity index is 682. The predicted molar refractivity (Wildman–Crippen MR) is 98.6 cm³/mol. The molecule has 0 saturated heterocycles. The molecule has 2 aliphatic rings. The largest absolute Gasteiger partial charge is 0.383 e. The lowest BCUT2D eigenvalue weighted by atomic mass is 9.80. The molecule has 1 N–H and O–H groups in total. The number of hydrogen-bond acceptors (Lipinski definition) is 2. The molecule has 0 saturated carbocycles. The van der Waals surface area contributed by atoms with E-state index in [1.54, 1.807) is 5.57 Å². The second-order valence-electron chi connectivity index (χ2n) is 5.90. The second kappa shape index (κ2) is 7.34. The summed E-state index contributed by atoms with van der Waals surface area (Å²) in [6, 6.07) is 8.70. The highest BCUT2D eigenvalue weighted by molar-refractivity contribution is 5.93. The van der Waals surface area contributed by atoms with Gasteiger partial charge in [0.05, 0.1) is 11.2 Å². The SMILES string of the molecule is C1=C(C2CCNc3c2ccc2cccnc32)CCCC1.Cl.Cl. The minimum atomic E-state index is 0. The lowest BCUT2D eigenvalue weighted by Gasteiger charge is -2.30. The van der Waals surface area contributed by atoms with E-state index in [0.29, 0.717) is 5.92 Å². The van der Waals surface area contributed by atoms with Crippen molar-refractivity contribution in [2.45, 2.75) is 38.0 Å². The van der Waals surface area contributed by atoms with Crippen LogP contribution in [0.25, 0.3) is 10.9 Å². The van der Waals surface area contributed by atoms with Crippen LogP contribution < -0.4 is 5.32 Å². The topological polar surface area (TPSA) is 24.9 Å². The van der Waals surface area contributed by atoms with Gasteiger partial charge in [0.25, 0.3) is 0 Å². The summed E-state index contributed by atoms with van der Waals surface area (Å²) in [4.78, 5) is 4.59. The minimum absolute atomic E-state index is 0. The standard InChI is InChI=1S/C18H20N2.2ClH/c1-2-5-13(6-3-1)15-10-12-20-18-16(15)9-8-14-7-4-11-19-17(14)18;;/h4-5,7-9,11,15,20H,1-3,6,10,12H2;2*1H. The molecule has 0 fully saturated rings. The Hall–Kier alpha value is -1.25. The highest BCUT2D eigenvalue weighted by Gasteiger charge is 2.25. The Balaban J connectivity index is 0.000000882. The molecule has 2 heterocycles. The van der Waals surface area contributed by atoms with Crippen molar-refractivity contribution in [2.24, 2.45) is 0 Å². The molecule has 4 rings (SSSR count). The minimum Gasteiger partial charge on any atom is -0.383 e. The van der Waals surface area contributed by atoms with E-state index >= 15 is 0 Å². The van der Waals surface area contributed by atoms with Gasteiger partial charge in [0.2, 0.25) is 0 Å². The van der Waals surface area contributed by atoms with Gasteiger partial charge in [-0.3, -0.25) is 4.98 Å². The number of nitrogens with one attached hydrogen (secondary N) is 1. The zero-order valence-corrected chi connectivity index (χ0v) is 14.2. The van der Waals surface area contributed by atoms with Crippen molar-refractivity contribution in [3.8, 4) is 0 Å². The fourth-order valence-corrected chi connectivity index (χ4v) is 3.70. The quantitative estimate of drug-likeness (QED) is 0.697. The van der Waals surface area contributed by atoms with Crippen molar-refractivity contribution in [1.82, 2.24) is 4.98 Å². The molecule has 0 radical (unpaired) electrons. The van der Waals surface area contributed by atoms with E-state index in [-0.39, 0.29) is 24.8 Å². The lowest BCUT2D eigenvalue weighted by Crippen LogP contribution is -2.19. The van der Waals surface area contributed by atoms with Gasteiger partial charge in [-0.15, -0.1) is 24.8 Å². The summed E-state index contributed by atoms with van der Waals surface area (Å²) in [7, 11) is 0. The molecular formula is C18H22Cl2N2. The number of benzene rings is 1. The third-order valence-corrected chi connectivity index (χ3v) is 4.69. The van der Waals surface area contributed by atoms with Crippen LogP contribution >= 0.6 is 24.8 Å². The summed E-state index contributed by atoms with van der Waals surface area (Å²) < 4.78 is 0. The molecule has 0 bridgehead atoms. The molecule has 1 unspecified atom stereocenters. The Labute approximate surface area is 144 Å². The average Bonchev–Trinajstić information content (AvgIpc) is 2.55. The summed E-state index contributed by atoms with van der Waals surface area (Å²) in [5, 5.41) is 4.82. The number of aromatic nitrogens is 1. The van der Waals surface area contributed by atoms with Crippen LogP contribution in [0, 0.1) is 0 Å². The zero-order valence-electron chi connectivity index (χ0n) is 12.5. The van der Waals surface area contributed by atoms with Crippen LogP contribution in [0.1, 0.15) is 43.6 Å². The fourth-order valence-electron chi connectivity index (χ4n) is 3.70. The van der Waals surface area contributed by atoms with Crippen LogP contribution in [0.2, 0.25) is 0 Å². The van der Waals surface area contributed by atoms with Crippen molar-refractivity contribution in [3.05, 3.63) is 47.7 Å². The van der Waals surface area contributed by atoms with Gasteiger partial charge >= 0.3 is 0 Å². The van der Waals surface area contributed by atoms with E-state index in [1.807, 2.05) is 12.3 Å². The monoisotopic (exact) mass is 336 g/mol. The normalized spacial score (nSPS) is 20.0. The third kappa shape index (κ3) is 2.95. The first-order valence-electron chi connectivity index (χ1n) is 7.74. The van der Waals surface area contributed by atoms with Gasteiger partial charge in [-0.1, -0.05) is 29.8 Å². The first kappa shape index (κ1) is 17.1. The highest BCUT2D eigenvalue weighted by atomic mass is 35.5. The zero-order chi connectivity index (χ0) is 13.4. The average molecular weight is 337 g/mol. The van der Waals surface area contributed by atoms with E-state index in [0.717, 1.165) is 12.1 Å². The van der Waals surface area contributed by atoms with Gasteiger partial charge in [0.15, 0.2) is 0 Å². The number of hydrogen-bond donors (Lipinski definition) is 1. The molecule has 4 heteroatoms. The van der Waals surface area contributed by atoms with Gasteiger partial charge in [0, 0.05) is 24.0 Å². The molecule has 1 aliphatic heterocycles. The van der Waals surface area contributed by atoms with Crippen LogP contribution in [0.5, 0.6) is 0 Å². The highest BCUT2D eigenvalue weighted by Crippen LogP contribution is 2.42. The van der Waals surface area contributed by atoms with Crippen molar-refractivity contribution >= 4 is 41.4 Å². The van der Waals surface area contributed by atoms with Crippen LogP contribution in [-0.2, 0) is 0 Å². The first-order valence-corrected chi connectivity index (χ1v) is 7.74. The summed E-state index contributed by atoms with van der Waals surface area (Å²) in [6.07, 6.45) is 10.9. The Morgan fingerprint density at radius 3 is 2.82 bits per heavy atom. The number of pyridine rings is 1. The molecule has 22 heavy (non-hydrogen) atoms. The first-order chi connectivity index (χ1) is 9.93. The van der Waals surface area contributed by atoms with Crippen molar-refractivity contribution in [3.63, 3.8) is 0 Å². The van der Waals surface area contributed by atoms with Crippen LogP contribution in [-0.4, -0.2) is 11.5 Å². The molecule has 1 aromatic heterocycles. The van der Waals surface area contributed by atoms with E-state index in [4.69, 9.17) is 0 Å². The molecule has 0 amide bonds. The van der Waals surface area contributed by atoms with Crippen molar-refractivity contribution in [1.29, 1.82) is 0 Å². The van der Waals surface area contributed by atoms with Gasteiger partial charge in [0.1, 0.15) is 0 Å². The Morgan fingerprint density at radius 2 is 2.00 bits per heavy atom. The molecule has 1 atom stereocenters. The second-order valence-corrected chi connectivity index (χ2v) is 5.90. The van der Waals surface area contributed by atoms with E-state index in [1.165, 1.54) is 48.7 Å². The lowest BCUT2D eigenvalue weighted by molar-refractivity contribution is 0.612. The van der Waals surface area contributed by atoms with Crippen LogP contribution in [0.3, 0.4) is 0 Å². The summed E-state index contributed by atoms with van der Waals surface area (Å²) in [5.41, 5.74) is 5.52. The number of anilines is 1. The van der Waals surface area contributed by atoms with E-state index in [9.17, 15) is 0 Å². The Kier molecular flexibility index (Phi) is 5.71. The molecule has 2 aromatic rings. The number of fused-ring (bicyclic) bond motifs is 3. The molecule has 1 aliphatic carbocycles. The smallest absolute Gasteiger partial charge is 0.0936 e. The van der Waals surface area contributed by atoms with Gasteiger partial charge in [-0.25, -0.2) is 0 Å². The van der Waals surface area contributed by atoms with Gasteiger partial charge in [-0.05, 0) is 43.7 Å². The van der Waals surface area contributed by atoms with Crippen LogP contribution in [0.4, 0.5) is 5.69 Å². The molecule has 2 nitrogen and oxygen atoms in total. The maximum atomic E-state index is 4.59. The molecular weight excluding hydrogens is 315 g/mol. The number of nitrogens with zero attached hydrogens (tertiary/aromatic N) is 1. The summed E-state index contributed by atoms with van der Waals surface area (Å²) in [5.74, 6) is 0.609. The fraction of sp³-hybridized carbons (Fsp3) is 0.389. The molecule has 1 aromatic carbocycles. The van der Waals surface area contributed by atoms with E-state index < -0.39 is 0 Å². The summed E-state index contributed by atoms with van der Waals surface area (Å²) in [6.45, 7) is 1.06.